The smallest absolute Gasteiger partial charge is 0.305 e. The van der Waals surface area contributed by atoms with E-state index < -0.39 is 17.0 Å². The predicted molar refractivity (Wildman–Crippen MR) is 103 cm³/mol. The molecule has 1 aromatic carbocycles. The van der Waals surface area contributed by atoms with Crippen LogP contribution < -0.4 is 9.77 Å². The molecule has 1 saturated heterocycles. The maximum atomic E-state index is 13.3. The summed E-state index contributed by atoms with van der Waals surface area (Å²) in [6, 6.07) is 9.15. The van der Waals surface area contributed by atoms with Crippen molar-refractivity contribution >= 4 is 51.9 Å². The molecule has 0 saturated carbocycles. The van der Waals surface area contributed by atoms with Gasteiger partial charge >= 0.3 is 4.87 Å². The van der Waals surface area contributed by atoms with Crippen molar-refractivity contribution in [3.63, 3.8) is 0 Å². The van der Waals surface area contributed by atoms with Crippen molar-refractivity contribution in [2.75, 3.05) is 4.90 Å². The van der Waals surface area contributed by atoms with Crippen molar-refractivity contribution in [1.29, 1.82) is 0 Å². The second-order valence-corrected chi connectivity index (χ2v) is 9.40. The number of aromatic nitrogens is 1. The van der Waals surface area contributed by atoms with Crippen LogP contribution in [0.5, 0.6) is 0 Å². The van der Waals surface area contributed by atoms with Crippen molar-refractivity contribution in [1.82, 2.24) is 4.98 Å². The van der Waals surface area contributed by atoms with Crippen LogP contribution in [-0.4, -0.2) is 22.0 Å². The van der Waals surface area contributed by atoms with Gasteiger partial charge in [0.1, 0.15) is 11.1 Å². The zero-order valence-corrected chi connectivity index (χ0v) is 16.0. The van der Waals surface area contributed by atoms with Crippen molar-refractivity contribution in [2.24, 2.45) is 5.92 Å². The topological polar surface area (TPSA) is 70.2 Å². The lowest BCUT2D eigenvalue weighted by Gasteiger charge is -2.28. The molecule has 0 spiro atoms. The lowest BCUT2D eigenvalue weighted by molar-refractivity contribution is -0.122. The standard InChI is InChI=1S/C18H11FN2O3S3/c19-8-3-5-9(6-4-8)21-16(22)12-11(10-2-1-7-25-10)13-15(20-18(24)27-13)26-14(12)17(21)23/h1-7,11-12,14H,(H,20,24)/t11-,12?,14?/m1/s1. The van der Waals surface area contributed by atoms with Gasteiger partial charge in [0.25, 0.3) is 0 Å². The molecule has 3 aromatic rings. The molecule has 2 unspecified atom stereocenters. The predicted octanol–water partition coefficient (Wildman–Crippen LogP) is 3.43. The van der Waals surface area contributed by atoms with Crippen LogP contribution in [0.1, 0.15) is 15.7 Å². The molecule has 2 aromatic heterocycles. The maximum Gasteiger partial charge on any atom is 0.305 e. The highest BCUT2D eigenvalue weighted by Crippen LogP contribution is 2.53. The highest BCUT2D eigenvalue weighted by Gasteiger charge is 2.56. The number of thiophene rings is 1. The first-order chi connectivity index (χ1) is 13.0. The number of hydrogen-bond donors (Lipinski definition) is 1. The van der Waals surface area contributed by atoms with Gasteiger partial charge < -0.3 is 4.98 Å². The minimum Gasteiger partial charge on any atom is -0.307 e. The Morgan fingerprint density at radius 2 is 1.81 bits per heavy atom. The summed E-state index contributed by atoms with van der Waals surface area (Å²) in [5, 5.41) is 1.96. The number of nitrogens with one attached hydrogen (secondary N) is 1. The largest absolute Gasteiger partial charge is 0.307 e. The Hall–Kier alpha value is -2.23. The minimum atomic E-state index is -0.618. The average molecular weight is 418 g/mol. The van der Waals surface area contributed by atoms with Gasteiger partial charge in [-0.05, 0) is 35.7 Å². The van der Waals surface area contributed by atoms with Crippen LogP contribution in [-0.2, 0) is 9.59 Å². The molecular weight excluding hydrogens is 407 g/mol. The van der Waals surface area contributed by atoms with Crippen LogP contribution in [0.15, 0.2) is 51.6 Å². The third-order valence-corrected chi connectivity index (χ3v) is 8.11. The van der Waals surface area contributed by atoms with E-state index in [0.717, 1.165) is 26.0 Å². The van der Waals surface area contributed by atoms with Crippen molar-refractivity contribution < 1.29 is 14.0 Å². The summed E-state index contributed by atoms with van der Waals surface area (Å²) in [6.45, 7) is 0. The molecule has 27 heavy (non-hydrogen) atoms. The number of anilines is 1. The first-order valence-corrected chi connectivity index (χ1v) is 10.7. The lowest BCUT2D eigenvalue weighted by atomic mass is 9.87. The number of fused-ring (bicyclic) bond motifs is 2. The molecular formula is C18H11FN2O3S3. The molecule has 3 atom stereocenters. The Kier molecular flexibility index (Phi) is 3.85. The first kappa shape index (κ1) is 16.9. The highest BCUT2D eigenvalue weighted by atomic mass is 32.2. The van der Waals surface area contributed by atoms with E-state index in [0.29, 0.717) is 10.7 Å². The van der Waals surface area contributed by atoms with Crippen LogP contribution in [0.3, 0.4) is 0 Å². The third kappa shape index (κ3) is 2.53. The number of thiazole rings is 1. The van der Waals surface area contributed by atoms with Gasteiger partial charge in [0.05, 0.1) is 16.6 Å². The normalized spacial score (nSPS) is 24.2. The number of benzene rings is 1. The molecule has 136 valence electrons. The van der Waals surface area contributed by atoms with Crippen LogP contribution in [0.4, 0.5) is 10.1 Å². The van der Waals surface area contributed by atoms with Crippen LogP contribution >= 0.6 is 34.4 Å². The second kappa shape index (κ2) is 6.15. The monoisotopic (exact) mass is 418 g/mol. The lowest BCUT2D eigenvalue weighted by Crippen LogP contribution is -2.32. The Bertz CT molecular complexity index is 1100. The molecule has 5 rings (SSSR count). The van der Waals surface area contributed by atoms with E-state index in [1.54, 1.807) is 0 Å². The molecule has 1 fully saturated rings. The highest BCUT2D eigenvalue weighted by molar-refractivity contribution is 8.00. The summed E-state index contributed by atoms with van der Waals surface area (Å²) in [5.41, 5.74) is 0.364. The van der Waals surface area contributed by atoms with Gasteiger partial charge in [-0.15, -0.1) is 11.3 Å². The Morgan fingerprint density at radius 1 is 1.04 bits per heavy atom. The van der Waals surface area contributed by atoms with Gasteiger partial charge in [0.15, 0.2) is 0 Å². The zero-order valence-electron chi connectivity index (χ0n) is 13.5. The number of imide groups is 1. The SMILES string of the molecule is O=C1C2Sc3[nH]c(=O)sc3[C@H](c3cccs3)C2C(=O)N1c1ccc(F)cc1. The van der Waals surface area contributed by atoms with Crippen molar-refractivity contribution in [2.45, 2.75) is 16.2 Å². The molecule has 2 aliphatic rings. The number of aromatic amines is 1. The summed E-state index contributed by atoms with van der Waals surface area (Å²) in [6.07, 6.45) is 0. The van der Waals surface area contributed by atoms with E-state index >= 15 is 0 Å². The van der Waals surface area contributed by atoms with E-state index in [2.05, 4.69) is 4.98 Å². The van der Waals surface area contributed by atoms with Crippen LogP contribution in [0.25, 0.3) is 0 Å². The number of H-pyrrole nitrogens is 1. The number of amides is 2. The van der Waals surface area contributed by atoms with E-state index in [9.17, 15) is 18.8 Å². The minimum absolute atomic E-state index is 0.190. The van der Waals surface area contributed by atoms with Gasteiger partial charge in [0.2, 0.25) is 11.8 Å². The van der Waals surface area contributed by atoms with E-state index in [-0.39, 0.29) is 22.6 Å². The molecule has 9 heteroatoms. The van der Waals surface area contributed by atoms with Gasteiger partial charge in [-0.3, -0.25) is 14.4 Å². The summed E-state index contributed by atoms with van der Waals surface area (Å²) in [4.78, 5) is 43.8. The van der Waals surface area contributed by atoms with Crippen LogP contribution in [0, 0.1) is 11.7 Å². The number of carbonyl (C=O) groups excluding carboxylic acids is 2. The molecule has 0 aliphatic carbocycles. The quantitative estimate of drug-likeness (QED) is 0.648. The van der Waals surface area contributed by atoms with E-state index in [4.69, 9.17) is 0 Å². The molecule has 5 nitrogen and oxygen atoms in total. The van der Waals surface area contributed by atoms with Crippen molar-refractivity contribution in [3.05, 3.63) is 67.0 Å². The van der Waals surface area contributed by atoms with Crippen LogP contribution in [0.2, 0.25) is 0 Å². The number of nitrogens with zero attached hydrogens (tertiary/aromatic N) is 1. The fourth-order valence-corrected chi connectivity index (χ4v) is 7.10. The third-order valence-electron chi connectivity index (χ3n) is 4.76. The molecule has 0 radical (unpaired) electrons. The summed E-state index contributed by atoms with van der Waals surface area (Å²) in [7, 11) is 0. The molecule has 2 amide bonds. The molecule has 0 bridgehead atoms. The van der Waals surface area contributed by atoms with Gasteiger partial charge in [-0.2, -0.15) is 0 Å². The Balaban J connectivity index is 1.64. The summed E-state index contributed by atoms with van der Waals surface area (Å²) < 4.78 is 13.3. The van der Waals surface area contributed by atoms with Gasteiger partial charge in [-0.25, -0.2) is 9.29 Å². The maximum absolute atomic E-state index is 13.3. The number of halogens is 1. The van der Waals surface area contributed by atoms with Gasteiger partial charge in [0, 0.05) is 15.7 Å². The summed E-state index contributed by atoms with van der Waals surface area (Å²) >= 11 is 3.83. The average Bonchev–Trinajstić information content (AvgIpc) is 3.34. The van der Waals surface area contributed by atoms with Crippen molar-refractivity contribution in [3.8, 4) is 0 Å². The van der Waals surface area contributed by atoms with E-state index in [1.165, 1.54) is 47.4 Å². The van der Waals surface area contributed by atoms with Gasteiger partial charge in [-0.1, -0.05) is 29.2 Å². The fourth-order valence-electron chi connectivity index (χ4n) is 3.64. The second-order valence-electron chi connectivity index (χ2n) is 6.25. The Labute approximate surface area is 164 Å². The zero-order chi connectivity index (χ0) is 18.7. The number of hydrogen-bond acceptors (Lipinski definition) is 6. The fraction of sp³-hybridized carbons (Fsp3) is 0.167. The molecule has 4 heterocycles. The first-order valence-electron chi connectivity index (χ1n) is 8.11. The number of thioether (sulfide) groups is 1. The molecule has 1 N–H and O–H groups in total. The number of rotatable bonds is 2. The number of carbonyl (C=O) groups is 2. The summed E-state index contributed by atoms with van der Waals surface area (Å²) in [5.74, 6) is -2.00. The molecule has 2 aliphatic heterocycles. The Morgan fingerprint density at radius 3 is 2.52 bits per heavy atom. The van der Waals surface area contributed by atoms with E-state index in [1.807, 2.05) is 17.5 Å².